The molecule has 0 radical (unpaired) electrons. The minimum absolute atomic E-state index is 0.241. The van der Waals surface area contributed by atoms with Crippen LogP contribution in [0.2, 0.25) is 0 Å². The van der Waals surface area contributed by atoms with E-state index in [1.54, 1.807) is 23.3 Å². The molecule has 2 rings (SSSR count). The van der Waals surface area contributed by atoms with Crippen molar-refractivity contribution in [2.45, 2.75) is 6.54 Å². The number of hydrogen-bond acceptors (Lipinski definition) is 3. The lowest BCUT2D eigenvalue weighted by molar-refractivity contribution is 0.0786. The van der Waals surface area contributed by atoms with Crippen molar-refractivity contribution in [2.24, 2.45) is 0 Å². The molecule has 0 aliphatic rings. The lowest BCUT2D eigenvalue weighted by atomic mass is 10.1. The predicted molar refractivity (Wildman–Crippen MR) is 70.9 cm³/mol. The lowest BCUT2D eigenvalue weighted by Gasteiger charge is -2.16. The van der Waals surface area contributed by atoms with Gasteiger partial charge in [-0.3, -0.25) is 4.79 Å². The predicted octanol–water partition coefficient (Wildman–Crippen LogP) is 2.74. The zero-order valence-electron chi connectivity index (χ0n) is 9.89. The van der Waals surface area contributed by atoms with Gasteiger partial charge in [-0.05, 0) is 29.6 Å². The number of thiophene rings is 1. The highest BCUT2D eigenvalue weighted by Gasteiger charge is 2.13. The number of anilines is 1. The van der Waals surface area contributed by atoms with Crippen molar-refractivity contribution in [3.05, 3.63) is 52.0 Å². The molecule has 0 saturated carbocycles. The minimum Gasteiger partial charge on any atom is -0.399 e. The molecule has 0 bridgehead atoms. The highest BCUT2D eigenvalue weighted by molar-refractivity contribution is 7.09. The Morgan fingerprint density at radius 1 is 1.44 bits per heavy atom. The number of halogens is 1. The van der Waals surface area contributed by atoms with Crippen molar-refractivity contribution in [1.29, 1.82) is 0 Å². The summed E-state index contributed by atoms with van der Waals surface area (Å²) in [5.74, 6) is -0.738. The van der Waals surface area contributed by atoms with E-state index >= 15 is 0 Å². The fourth-order valence-electron chi connectivity index (χ4n) is 1.66. The van der Waals surface area contributed by atoms with Gasteiger partial charge in [0.05, 0.1) is 6.54 Å². The summed E-state index contributed by atoms with van der Waals surface area (Å²) in [6.45, 7) is 0.507. The maximum Gasteiger partial charge on any atom is 0.254 e. The average Bonchev–Trinajstić information content (AvgIpc) is 2.79. The van der Waals surface area contributed by atoms with Gasteiger partial charge in [0.1, 0.15) is 5.82 Å². The number of benzene rings is 1. The highest BCUT2D eigenvalue weighted by Crippen LogP contribution is 2.15. The largest absolute Gasteiger partial charge is 0.399 e. The molecule has 0 saturated heterocycles. The zero-order chi connectivity index (χ0) is 13.1. The molecule has 1 aromatic carbocycles. The summed E-state index contributed by atoms with van der Waals surface area (Å²) in [4.78, 5) is 14.7. The molecule has 94 valence electrons. The summed E-state index contributed by atoms with van der Waals surface area (Å²) in [6, 6.07) is 7.75. The second-order valence-corrected chi connectivity index (χ2v) is 5.05. The SMILES string of the molecule is CN(Cc1cccs1)C(=O)c1cc(N)cc(F)c1. The molecule has 0 atom stereocenters. The molecule has 2 N–H and O–H groups in total. The smallest absolute Gasteiger partial charge is 0.254 e. The molecule has 0 fully saturated rings. The number of nitrogens with zero attached hydrogens (tertiary/aromatic N) is 1. The van der Waals surface area contributed by atoms with Crippen LogP contribution in [0.1, 0.15) is 15.2 Å². The van der Waals surface area contributed by atoms with E-state index in [0.29, 0.717) is 6.54 Å². The Labute approximate surface area is 109 Å². The summed E-state index contributed by atoms with van der Waals surface area (Å²) in [5.41, 5.74) is 6.05. The Kier molecular flexibility index (Phi) is 3.62. The first-order valence-corrected chi connectivity index (χ1v) is 6.28. The third kappa shape index (κ3) is 2.87. The van der Waals surface area contributed by atoms with Gasteiger partial charge in [0.25, 0.3) is 5.91 Å². The summed E-state index contributed by atoms with van der Waals surface area (Å²) < 4.78 is 13.2. The van der Waals surface area contributed by atoms with Crippen molar-refractivity contribution in [3.63, 3.8) is 0 Å². The van der Waals surface area contributed by atoms with Gasteiger partial charge >= 0.3 is 0 Å². The highest BCUT2D eigenvalue weighted by atomic mass is 32.1. The maximum absolute atomic E-state index is 13.2. The molecule has 0 aliphatic carbocycles. The van der Waals surface area contributed by atoms with Crippen LogP contribution in [0, 0.1) is 5.82 Å². The molecule has 0 unspecified atom stereocenters. The van der Waals surface area contributed by atoms with Gasteiger partial charge < -0.3 is 10.6 Å². The van der Waals surface area contributed by atoms with Gasteiger partial charge in [-0.25, -0.2) is 4.39 Å². The average molecular weight is 264 g/mol. The van der Waals surface area contributed by atoms with Crippen molar-refractivity contribution < 1.29 is 9.18 Å². The van der Waals surface area contributed by atoms with E-state index in [-0.39, 0.29) is 17.2 Å². The van der Waals surface area contributed by atoms with Crippen LogP contribution in [-0.4, -0.2) is 17.9 Å². The maximum atomic E-state index is 13.2. The molecule has 2 aromatic rings. The summed E-state index contributed by atoms with van der Waals surface area (Å²) in [7, 11) is 1.68. The Bertz CT molecular complexity index is 534. The number of carbonyl (C=O) groups is 1. The van der Waals surface area contributed by atoms with Gasteiger partial charge in [-0.2, -0.15) is 0 Å². The van der Waals surface area contributed by atoms with Gasteiger partial charge in [0.15, 0.2) is 0 Å². The minimum atomic E-state index is -0.497. The van der Waals surface area contributed by atoms with Crippen molar-refractivity contribution in [2.75, 3.05) is 12.8 Å². The standard InChI is InChI=1S/C13H13FN2OS/c1-16(8-12-3-2-4-18-12)13(17)9-5-10(14)7-11(15)6-9/h2-7H,8,15H2,1H3. The number of nitrogens with two attached hydrogens (primary N) is 1. The molecular weight excluding hydrogens is 251 g/mol. The fraction of sp³-hybridized carbons (Fsp3) is 0.154. The molecule has 0 spiro atoms. The first-order valence-electron chi connectivity index (χ1n) is 5.40. The number of amides is 1. The van der Waals surface area contributed by atoms with E-state index in [9.17, 15) is 9.18 Å². The summed E-state index contributed by atoms with van der Waals surface area (Å²) in [5, 5.41) is 1.95. The quantitative estimate of drug-likeness (QED) is 0.866. The van der Waals surface area contributed by atoms with E-state index in [4.69, 9.17) is 5.73 Å². The molecule has 3 nitrogen and oxygen atoms in total. The molecule has 5 heteroatoms. The second kappa shape index (κ2) is 5.18. The van der Waals surface area contributed by atoms with E-state index in [1.807, 2.05) is 17.5 Å². The molecular formula is C13H13FN2OS. The van der Waals surface area contributed by atoms with Crippen LogP contribution < -0.4 is 5.73 Å². The van der Waals surface area contributed by atoms with Gasteiger partial charge in [-0.1, -0.05) is 6.07 Å². The van der Waals surface area contributed by atoms with Crippen LogP contribution in [-0.2, 0) is 6.54 Å². The Hall–Kier alpha value is -1.88. The Balaban J connectivity index is 2.15. The van der Waals surface area contributed by atoms with E-state index in [1.165, 1.54) is 18.2 Å². The first kappa shape index (κ1) is 12.6. The zero-order valence-corrected chi connectivity index (χ0v) is 10.7. The second-order valence-electron chi connectivity index (χ2n) is 4.01. The van der Waals surface area contributed by atoms with Crippen LogP contribution in [0.4, 0.5) is 10.1 Å². The van der Waals surface area contributed by atoms with Crippen LogP contribution in [0.5, 0.6) is 0 Å². The van der Waals surface area contributed by atoms with Gasteiger partial charge in [0.2, 0.25) is 0 Å². The number of hydrogen-bond donors (Lipinski definition) is 1. The van der Waals surface area contributed by atoms with E-state index < -0.39 is 5.82 Å². The Morgan fingerprint density at radius 3 is 2.83 bits per heavy atom. The molecule has 1 heterocycles. The van der Waals surface area contributed by atoms with Crippen molar-refractivity contribution in [1.82, 2.24) is 4.90 Å². The molecule has 0 aliphatic heterocycles. The van der Waals surface area contributed by atoms with Crippen LogP contribution >= 0.6 is 11.3 Å². The fourth-order valence-corrected chi connectivity index (χ4v) is 2.42. The number of carbonyl (C=O) groups excluding carboxylic acids is 1. The third-order valence-corrected chi connectivity index (χ3v) is 3.35. The number of nitrogen functional groups attached to an aromatic ring is 1. The van der Waals surface area contributed by atoms with Gasteiger partial charge in [-0.15, -0.1) is 11.3 Å². The summed E-state index contributed by atoms with van der Waals surface area (Å²) >= 11 is 1.58. The first-order chi connectivity index (χ1) is 8.56. The molecule has 1 amide bonds. The lowest BCUT2D eigenvalue weighted by Crippen LogP contribution is -2.26. The van der Waals surface area contributed by atoms with E-state index in [0.717, 1.165) is 4.88 Å². The Morgan fingerprint density at radius 2 is 2.22 bits per heavy atom. The monoisotopic (exact) mass is 264 g/mol. The van der Waals surface area contributed by atoms with E-state index in [2.05, 4.69) is 0 Å². The van der Waals surface area contributed by atoms with Gasteiger partial charge in [0, 0.05) is 23.2 Å². The van der Waals surface area contributed by atoms with Crippen molar-refractivity contribution >= 4 is 22.9 Å². The third-order valence-electron chi connectivity index (χ3n) is 2.49. The van der Waals surface area contributed by atoms with Crippen LogP contribution in [0.25, 0.3) is 0 Å². The summed E-state index contributed by atoms with van der Waals surface area (Å²) in [6.07, 6.45) is 0. The number of rotatable bonds is 3. The van der Waals surface area contributed by atoms with Crippen LogP contribution in [0.15, 0.2) is 35.7 Å². The molecule has 18 heavy (non-hydrogen) atoms. The topological polar surface area (TPSA) is 46.3 Å². The molecule has 1 aromatic heterocycles. The van der Waals surface area contributed by atoms with Crippen molar-refractivity contribution in [3.8, 4) is 0 Å². The normalized spacial score (nSPS) is 10.3. The van der Waals surface area contributed by atoms with Crippen LogP contribution in [0.3, 0.4) is 0 Å².